The van der Waals surface area contributed by atoms with E-state index in [2.05, 4.69) is 15.0 Å². The summed E-state index contributed by atoms with van der Waals surface area (Å²) in [5.74, 6) is -0.185. The number of hydrogen-bond donors (Lipinski definition) is 2. The molecule has 2 heterocycles. The van der Waals surface area contributed by atoms with Crippen LogP contribution in [0.1, 0.15) is 22.5 Å². The Bertz CT molecular complexity index is 771. The highest BCUT2D eigenvalue weighted by Gasteiger charge is 2.12. The van der Waals surface area contributed by atoms with Crippen molar-refractivity contribution >= 4 is 5.95 Å². The summed E-state index contributed by atoms with van der Waals surface area (Å²) in [5, 5.41) is 9.64. The normalized spacial score (nSPS) is 10.8. The van der Waals surface area contributed by atoms with E-state index in [-0.39, 0.29) is 5.95 Å². The average molecular weight is 318 g/mol. The zero-order valence-electron chi connectivity index (χ0n) is 13.2. The number of hydrogen-bond acceptors (Lipinski definition) is 6. The minimum absolute atomic E-state index is 0.185. The second-order valence-electron chi connectivity index (χ2n) is 5.42. The molecule has 122 valence electrons. The number of nitrogens with zero attached hydrogens (tertiary/aromatic N) is 4. The number of pyridine rings is 1. The lowest BCUT2D eigenvalue weighted by molar-refractivity contribution is -0.446. The van der Waals surface area contributed by atoms with Crippen molar-refractivity contribution in [2.24, 2.45) is 0 Å². The summed E-state index contributed by atoms with van der Waals surface area (Å²) in [7, 11) is 3.94. The third-order valence-corrected chi connectivity index (χ3v) is 3.16. The van der Waals surface area contributed by atoms with Crippen molar-refractivity contribution in [3.05, 3.63) is 61.3 Å². The van der Waals surface area contributed by atoms with Gasteiger partial charge in [0.15, 0.2) is 5.03 Å². The summed E-state index contributed by atoms with van der Waals surface area (Å²) in [6, 6.07) is 3.85. The number of H-pyrrole nitrogens is 1. The molecule has 0 aliphatic carbocycles. The van der Waals surface area contributed by atoms with E-state index in [0.29, 0.717) is 17.7 Å². The molecule has 2 rings (SSSR count). The molecule has 2 N–H and O–H groups in total. The van der Waals surface area contributed by atoms with Gasteiger partial charge in [-0.1, -0.05) is 5.43 Å². The highest BCUT2D eigenvalue weighted by Crippen LogP contribution is 2.10. The molecular weight excluding hydrogens is 300 g/mol. The molecule has 0 atom stereocenters. The lowest BCUT2D eigenvalue weighted by atomic mass is 10.1. The molecule has 0 spiro atoms. The van der Waals surface area contributed by atoms with Crippen molar-refractivity contribution in [3.63, 3.8) is 0 Å². The molecule has 9 heteroatoms. The van der Waals surface area contributed by atoms with Gasteiger partial charge in [-0.15, -0.1) is 0 Å². The van der Waals surface area contributed by atoms with Gasteiger partial charge >= 0.3 is 0 Å². The number of nitrogens with one attached hydrogen (secondary N) is 2. The largest absolute Gasteiger partial charge is 0.305 e. The fraction of sp³-hybridized carbons (Fsp3) is 0.357. The van der Waals surface area contributed by atoms with Crippen LogP contribution in [0.3, 0.4) is 0 Å². The second kappa shape index (κ2) is 6.97. The van der Waals surface area contributed by atoms with E-state index in [1.165, 1.54) is 0 Å². The van der Waals surface area contributed by atoms with Crippen molar-refractivity contribution < 1.29 is 5.03 Å². The lowest BCUT2D eigenvalue weighted by Crippen LogP contribution is -2.22. The van der Waals surface area contributed by atoms with Gasteiger partial charge in [0.1, 0.15) is 0 Å². The van der Waals surface area contributed by atoms with Crippen molar-refractivity contribution in [2.45, 2.75) is 19.9 Å². The van der Waals surface area contributed by atoms with Crippen molar-refractivity contribution in [2.75, 3.05) is 19.5 Å². The number of aryl methyl sites for hydroxylation is 1. The first-order valence-corrected chi connectivity index (χ1v) is 6.94. The quantitative estimate of drug-likeness (QED) is 0.595. The van der Waals surface area contributed by atoms with E-state index in [9.17, 15) is 14.9 Å². The molecule has 0 saturated heterocycles. The number of aromatic amines is 1. The Morgan fingerprint density at radius 3 is 2.78 bits per heavy atom. The van der Waals surface area contributed by atoms with Crippen LogP contribution in [0.25, 0.3) is 0 Å². The Hall–Kier alpha value is -2.81. The monoisotopic (exact) mass is 318 g/mol. The van der Waals surface area contributed by atoms with Crippen molar-refractivity contribution in [1.29, 1.82) is 0 Å². The molecule has 9 nitrogen and oxygen atoms in total. The Morgan fingerprint density at radius 1 is 1.43 bits per heavy atom. The summed E-state index contributed by atoms with van der Waals surface area (Å²) in [6.07, 6.45) is 2.02. The summed E-state index contributed by atoms with van der Waals surface area (Å²) < 4.78 is 0. The smallest absolute Gasteiger partial charge is 0.265 e. The van der Waals surface area contributed by atoms with E-state index < -0.39 is 10.6 Å². The van der Waals surface area contributed by atoms with E-state index in [4.69, 9.17) is 0 Å². The molecule has 2 aromatic heterocycles. The van der Waals surface area contributed by atoms with Crippen LogP contribution >= 0.6 is 0 Å². The van der Waals surface area contributed by atoms with Gasteiger partial charge in [-0.2, -0.15) is 0 Å². The summed E-state index contributed by atoms with van der Waals surface area (Å²) in [4.78, 5) is 35.2. The van der Waals surface area contributed by atoms with Crippen molar-refractivity contribution in [3.8, 4) is 0 Å². The molecule has 0 aliphatic heterocycles. The average Bonchev–Trinajstić information content (AvgIpc) is 2.42. The highest BCUT2D eigenvalue weighted by atomic mass is 16.7. The zero-order chi connectivity index (χ0) is 17.0. The highest BCUT2D eigenvalue weighted by molar-refractivity contribution is 5.30. The summed E-state index contributed by atoms with van der Waals surface area (Å²) >= 11 is 0. The first kappa shape index (κ1) is 16.6. The molecule has 0 aromatic carbocycles. The SMILES string of the molecule is Cc1nc(N[N+](=O)[O-])[nH]c(=O)c1Cc1cc(CN(C)C)ccn1. The lowest BCUT2D eigenvalue weighted by Gasteiger charge is -2.11. The first-order chi connectivity index (χ1) is 10.8. The molecule has 0 saturated carbocycles. The van der Waals surface area contributed by atoms with Crippen LogP contribution in [-0.2, 0) is 13.0 Å². The third-order valence-electron chi connectivity index (χ3n) is 3.16. The van der Waals surface area contributed by atoms with Crippen LogP contribution in [0.15, 0.2) is 23.1 Å². The van der Waals surface area contributed by atoms with Crippen LogP contribution in [0.5, 0.6) is 0 Å². The number of nitro groups is 1. The fourth-order valence-corrected chi connectivity index (χ4v) is 2.23. The predicted molar refractivity (Wildman–Crippen MR) is 84.6 cm³/mol. The molecule has 0 amide bonds. The Kier molecular flexibility index (Phi) is 5.02. The zero-order valence-corrected chi connectivity index (χ0v) is 13.2. The van der Waals surface area contributed by atoms with Gasteiger partial charge in [0.05, 0.1) is 5.69 Å². The van der Waals surface area contributed by atoms with Gasteiger partial charge in [0, 0.05) is 30.4 Å². The molecule has 0 unspecified atom stereocenters. The van der Waals surface area contributed by atoms with Gasteiger partial charge in [0.2, 0.25) is 0 Å². The molecule has 0 aliphatic rings. The van der Waals surface area contributed by atoms with Crippen LogP contribution in [-0.4, -0.2) is 39.0 Å². The summed E-state index contributed by atoms with van der Waals surface area (Å²) in [6.45, 7) is 2.41. The molecule has 0 fully saturated rings. The number of anilines is 1. The minimum Gasteiger partial charge on any atom is -0.305 e. The minimum atomic E-state index is -0.774. The van der Waals surface area contributed by atoms with Gasteiger partial charge in [-0.05, 0) is 38.7 Å². The standard InChI is InChI=1S/C14H18N6O3/c1-9-12(13(21)17-14(16-9)18-20(22)23)7-11-6-10(4-5-15-11)8-19(2)3/h4-6H,7-8H2,1-3H3,(H2,16,17,18,21). The fourth-order valence-electron chi connectivity index (χ4n) is 2.23. The second-order valence-corrected chi connectivity index (χ2v) is 5.42. The number of rotatable bonds is 6. The molecule has 0 radical (unpaired) electrons. The molecule has 0 bridgehead atoms. The van der Waals surface area contributed by atoms with E-state index in [1.54, 1.807) is 13.1 Å². The summed E-state index contributed by atoms with van der Waals surface area (Å²) in [5.41, 5.74) is 4.13. The Labute approximate surface area is 132 Å². The Balaban J connectivity index is 2.26. The first-order valence-electron chi connectivity index (χ1n) is 6.94. The molecule has 23 heavy (non-hydrogen) atoms. The van der Waals surface area contributed by atoms with Gasteiger partial charge in [-0.3, -0.25) is 14.8 Å². The predicted octanol–water partition coefficient (Wildman–Crippen LogP) is 0.729. The van der Waals surface area contributed by atoms with Crippen LogP contribution in [0.4, 0.5) is 5.95 Å². The van der Waals surface area contributed by atoms with Crippen LogP contribution < -0.4 is 11.0 Å². The van der Waals surface area contributed by atoms with Crippen LogP contribution in [0, 0.1) is 17.0 Å². The topological polar surface area (TPSA) is 117 Å². The number of hydrazine groups is 1. The maximum Gasteiger partial charge on any atom is 0.265 e. The molecule has 2 aromatic rings. The van der Waals surface area contributed by atoms with Gasteiger partial charge in [-0.25, -0.2) is 15.1 Å². The van der Waals surface area contributed by atoms with Crippen LogP contribution in [0.2, 0.25) is 0 Å². The van der Waals surface area contributed by atoms with Gasteiger partial charge < -0.3 is 4.90 Å². The number of aromatic nitrogens is 3. The maximum atomic E-state index is 12.1. The molecular formula is C14H18N6O3. The van der Waals surface area contributed by atoms with E-state index in [0.717, 1.165) is 17.8 Å². The van der Waals surface area contributed by atoms with E-state index >= 15 is 0 Å². The van der Waals surface area contributed by atoms with Gasteiger partial charge in [0.25, 0.3) is 11.5 Å². The maximum absolute atomic E-state index is 12.1. The van der Waals surface area contributed by atoms with Crippen molar-refractivity contribution in [1.82, 2.24) is 19.9 Å². The Morgan fingerprint density at radius 2 is 2.17 bits per heavy atom. The third kappa shape index (κ3) is 4.58. The van der Waals surface area contributed by atoms with E-state index in [1.807, 2.05) is 36.6 Å².